The molecular formula is C22H20N2O10-4. The van der Waals surface area contributed by atoms with Crippen molar-refractivity contribution in [2.75, 3.05) is 50.2 Å². The summed E-state index contributed by atoms with van der Waals surface area (Å²) >= 11 is 0. The van der Waals surface area contributed by atoms with Crippen molar-refractivity contribution in [3.8, 4) is 22.6 Å². The smallest absolute Gasteiger partial charge is 0.142 e. The molecule has 0 fully saturated rings. The topological polar surface area (TPSA) is 185 Å². The molecule has 0 radical (unpaired) electrons. The van der Waals surface area contributed by atoms with Gasteiger partial charge in [-0.3, -0.25) is 0 Å². The third-order valence-corrected chi connectivity index (χ3v) is 4.65. The van der Waals surface area contributed by atoms with Crippen molar-refractivity contribution in [2.45, 2.75) is 0 Å². The van der Waals surface area contributed by atoms with Crippen LogP contribution >= 0.6 is 0 Å². The van der Waals surface area contributed by atoms with Gasteiger partial charge in [0.25, 0.3) is 0 Å². The summed E-state index contributed by atoms with van der Waals surface area (Å²) in [5, 5.41) is 44.2. The Labute approximate surface area is 194 Å². The molecule has 0 saturated heterocycles. The maximum atomic E-state index is 11.0. The molecule has 0 heterocycles. The number of benzene rings is 2. The largest absolute Gasteiger partial charge is 0.548 e. The van der Waals surface area contributed by atoms with E-state index in [1.54, 1.807) is 12.1 Å². The van der Waals surface area contributed by atoms with Crippen LogP contribution in [-0.4, -0.2) is 64.3 Å². The second-order valence-electron chi connectivity index (χ2n) is 6.97. The highest BCUT2D eigenvalue weighted by Gasteiger charge is 2.17. The summed E-state index contributed by atoms with van der Waals surface area (Å²) in [5.74, 6) is -5.65. The average molecular weight is 472 g/mol. The maximum Gasteiger partial charge on any atom is 0.142 e. The van der Waals surface area contributed by atoms with Crippen LogP contribution in [0.25, 0.3) is 11.1 Å². The van der Waals surface area contributed by atoms with Gasteiger partial charge in [-0.1, -0.05) is 12.1 Å². The molecule has 0 spiro atoms. The normalized spacial score (nSPS) is 10.3. The predicted octanol–water partition coefficient (Wildman–Crippen LogP) is -4.02. The Morgan fingerprint density at radius 3 is 1.15 bits per heavy atom. The van der Waals surface area contributed by atoms with Crippen LogP contribution in [0.1, 0.15) is 0 Å². The van der Waals surface area contributed by atoms with Gasteiger partial charge in [0.1, 0.15) is 11.5 Å². The van der Waals surface area contributed by atoms with Gasteiger partial charge < -0.3 is 58.9 Å². The van der Waals surface area contributed by atoms with Crippen LogP contribution in [0.15, 0.2) is 36.4 Å². The van der Waals surface area contributed by atoms with Crippen molar-refractivity contribution in [1.29, 1.82) is 0 Å². The number of aliphatic carboxylic acids is 4. The van der Waals surface area contributed by atoms with Gasteiger partial charge in [0.15, 0.2) is 0 Å². The molecule has 0 aliphatic carbocycles. The van der Waals surface area contributed by atoms with Crippen LogP contribution in [0.2, 0.25) is 0 Å². The predicted molar refractivity (Wildman–Crippen MR) is 109 cm³/mol. The number of rotatable bonds is 13. The number of hydrogen-bond donors (Lipinski definition) is 0. The number of anilines is 2. The van der Waals surface area contributed by atoms with E-state index in [0.29, 0.717) is 11.1 Å². The number of carboxylic acids is 4. The number of nitrogens with zero attached hydrogens (tertiary/aromatic N) is 2. The van der Waals surface area contributed by atoms with Crippen LogP contribution in [-0.2, 0) is 19.2 Å². The number of ether oxygens (including phenoxy) is 2. The summed E-state index contributed by atoms with van der Waals surface area (Å²) in [7, 11) is 2.64. The van der Waals surface area contributed by atoms with Crippen molar-refractivity contribution in [3.05, 3.63) is 36.4 Å². The van der Waals surface area contributed by atoms with E-state index in [1.807, 2.05) is 0 Å². The molecular weight excluding hydrogens is 452 g/mol. The minimum absolute atomic E-state index is 0.165. The van der Waals surface area contributed by atoms with Gasteiger partial charge in [0, 0.05) is 0 Å². The van der Waals surface area contributed by atoms with Crippen molar-refractivity contribution in [3.63, 3.8) is 0 Å². The molecule has 12 nitrogen and oxygen atoms in total. The van der Waals surface area contributed by atoms with Gasteiger partial charge in [0.05, 0.1) is 75.7 Å². The van der Waals surface area contributed by atoms with Gasteiger partial charge in [-0.25, -0.2) is 0 Å². The van der Waals surface area contributed by atoms with E-state index in [2.05, 4.69) is 0 Å². The molecule has 0 atom stereocenters. The lowest BCUT2D eigenvalue weighted by Gasteiger charge is -2.28. The quantitative estimate of drug-likeness (QED) is 0.275. The molecule has 0 bridgehead atoms. The second kappa shape index (κ2) is 11.4. The van der Waals surface area contributed by atoms with E-state index in [0.717, 1.165) is 9.80 Å². The summed E-state index contributed by atoms with van der Waals surface area (Å²) in [4.78, 5) is 46.2. The molecule has 0 unspecified atom stereocenters. The van der Waals surface area contributed by atoms with E-state index in [-0.39, 0.29) is 22.9 Å². The first-order chi connectivity index (χ1) is 16.0. The fraction of sp³-hybridized carbons (Fsp3) is 0.273. The molecule has 0 aliphatic rings. The standard InChI is InChI=1S/C22H24N2O10/c1-33-17-7-13(3-5-15(17)23(9-19(25)26)10-20(27)28)14-4-6-16(18(8-14)34-2)24(11-21(29)30)12-22(31)32/h3-8H,9-12H2,1-2H3,(H,25,26)(H,27,28)(H,29,30)(H,31,32)/p-4. The summed E-state index contributed by atoms with van der Waals surface area (Å²) < 4.78 is 10.6. The fourth-order valence-corrected chi connectivity index (χ4v) is 3.31. The molecule has 2 aromatic carbocycles. The van der Waals surface area contributed by atoms with Crippen LogP contribution in [0.4, 0.5) is 11.4 Å². The van der Waals surface area contributed by atoms with Crippen molar-refractivity contribution >= 4 is 35.3 Å². The molecule has 0 saturated carbocycles. The average Bonchev–Trinajstić information content (AvgIpc) is 2.76. The molecule has 182 valence electrons. The highest BCUT2D eigenvalue weighted by atomic mass is 16.5. The summed E-state index contributed by atoms with van der Waals surface area (Å²) in [6.07, 6.45) is 0. The minimum Gasteiger partial charge on any atom is -0.548 e. The Balaban J connectivity index is 2.48. The SMILES string of the molecule is COc1cc(-c2ccc(N(CC(=O)[O-])CC(=O)[O-])c(OC)c2)ccc1N(CC(=O)[O-])CC(=O)[O-]. The first-order valence-electron chi connectivity index (χ1n) is 9.71. The zero-order valence-electron chi connectivity index (χ0n) is 18.3. The van der Waals surface area contributed by atoms with Crippen LogP contribution in [0.5, 0.6) is 11.5 Å². The van der Waals surface area contributed by atoms with Gasteiger partial charge >= 0.3 is 0 Å². The van der Waals surface area contributed by atoms with Gasteiger partial charge in [-0.05, 0) is 35.4 Å². The lowest BCUT2D eigenvalue weighted by Crippen LogP contribution is -2.44. The van der Waals surface area contributed by atoms with E-state index in [9.17, 15) is 39.6 Å². The number of carbonyl (C=O) groups is 4. The summed E-state index contributed by atoms with van der Waals surface area (Å²) in [5.41, 5.74) is 1.46. The maximum absolute atomic E-state index is 11.0. The van der Waals surface area contributed by atoms with E-state index in [1.165, 1.54) is 38.5 Å². The summed E-state index contributed by atoms with van der Waals surface area (Å²) in [6, 6.07) is 9.12. The van der Waals surface area contributed by atoms with Crippen molar-refractivity contribution < 1.29 is 49.1 Å². The highest BCUT2D eigenvalue weighted by Crippen LogP contribution is 2.37. The van der Waals surface area contributed by atoms with E-state index in [4.69, 9.17) is 9.47 Å². The monoisotopic (exact) mass is 472 g/mol. The van der Waals surface area contributed by atoms with Crippen LogP contribution in [0, 0.1) is 0 Å². The molecule has 0 N–H and O–H groups in total. The second-order valence-corrected chi connectivity index (χ2v) is 6.97. The molecule has 0 aliphatic heterocycles. The number of hydrogen-bond acceptors (Lipinski definition) is 12. The molecule has 12 heteroatoms. The zero-order chi connectivity index (χ0) is 25.4. The lowest BCUT2D eigenvalue weighted by molar-refractivity contribution is -0.307. The summed E-state index contributed by atoms with van der Waals surface area (Å²) in [6.45, 7) is -2.84. The molecule has 2 rings (SSSR count). The zero-order valence-corrected chi connectivity index (χ0v) is 18.3. The third kappa shape index (κ3) is 6.76. The molecule has 34 heavy (non-hydrogen) atoms. The van der Waals surface area contributed by atoms with Crippen LogP contribution in [0.3, 0.4) is 0 Å². The fourth-order valence-electron chi connectivity index (χ4n) is 3.31. The van der Waals surface area contributed by atoms with Crippen molar-refractivity contribution in [2.24, 2.45) is 0 Å². The Morgan fingerprint density at radius 2 is 0.912 bits per heavy atom. The van der Waals surface area contributed by atoms with E-state index >= 15 is 0 Å². The number of methoxy groups -OCH3 is 2. The molecule has 0 amide bonds. The highest BCUT2D eigenvalue weighted by molar-refractivity contribution is 5.83. The molecule has 0 aromatic heterocycles. The lowest BCUT2D eigenvalue weighted by atomic mass is 10.0. The Kier molecular flexibility index (Phi) is 8.65. The minimum atomic E-state index is -1.50. The first-order valence-corrected chi connectivity index (χ1v) is 9.71. The van der Waals surface area contributed by atoms with Gasteiger partial charge in [-0.15, -0.1) is 0 Å². The first kappa shape index (κ1) is 25.8. The van der Waals surface area contributed by atoms with Crippen LogP contribution < -0.4 is 39.7 Å². The Morgan fingerprint density at radius 1 is 0.618 bits per heavy atom. The Bertz CT molecular complexity index is 968. The van der Waals surface area contributed by atoms with E-state index < -0.39 is 50.1 Å². The number of carbonyl (C=O) groups excluding carboxylic acids is 4. The third-order valence-electron chi connectivity index (χ3n) is 4.65. The Hall–Kier alpha value is -4.48. The molecule has 2 aromatic rings. The van der Waals surface area contributed by atoms with Gasteiger partial charge in [0.2, 0.25) is 0 Å². The van der Waals surface area contributed by atoms with Crippen molar-refractivity contribution in [1.82, 2.24) is 0 Å². The number of carboxylic acid groups (broad SMARTS) is 4. The van der Waals surface area contributed by atoms with Gasteiger partial charge in [-0.2, -0.15) is 0 Å².